The van der Waals surface area contributed by atoms with E-state index in [1.54, 1.807) is 41.4 Å². The van der Waals surface area contributed by atoms with Crippen molar-refractivity contribution in [2.45, 2.75) is 45.3 Å². The lowest BCUT2D eigenvalue weighted by atomic mass is 10.1. The fraction of sp³-hybridized carbons (Fsp3) is 0.280. The van der Waals surface area contributed by atoms with Gasteiger partial charge in [-0.15, -0.1) is 0 Å². The third-order valence-electron chi connectivity index (χ3n) is 5.66. The maximum absolute atomic E-state index is 13.2. The molecule has 3 heterocycles. The molecule has 1 aromatic carbocycles. The smallest absolute Gasteiger partial charge is 0.252 e. The molecule has 0 saturated heterocycles. The summed E-state index contributed by atoms with van der Waals surface area (Å²) >= 11 is 0. The molecule has 0 spiro atoms. The monoisotopic (exact) mass is 443 g/mol. The minimum Gasteiger partial charge on any atom is -0.463 e. The Morgan fingerprint density at radius 2 is 1.94 bits per heavy atom. The van der Waals surface area contributed by atoms with Gasteiger partial charge in [0.2, 0.25) is 0 Å². The SMILES string of the molecule is CC(C)n1ncc2c(C(=O)NCc3ccc(C(=O)NC4CC4)cc3)cc(-c3ccco3)nc21. The number of furan rings is 1. The van der Waals surface area contributed by atoms with Crippen LogP contribution in [0, 0.1) is 0 Å². The van der Waals surface area contributed by atoms with Gasteiger partial charge in [-0.2, -0.15) is 5.10 Å². The Morgan fingerprint density at radius 3 is 2.61 bits per heavy atom. The van der Waals surface area contributed by atoms with E-state index in [9.17, 15) is 9.59 Å². The van der Waals surface area contributed by atoms with Crippen molar-refractivity contribution in [1.29, 1.82) is 0 Å². The summed E-state index contributed by atoms with van der Waals surface area (Å²) in [5.74, 6) is 0.302. The highest BCUT2D eigenvalue weighted by Gasteiger charge is 2.24. The maximum atomic E-state index is 13.2. The van der Waals surface area contributed by atoms with Gasteiger partial charge in [0, 0.05) is 24.2 Å². The molecule has 1 saturated carbocycles. The molecule has 1 aliphatic carbocycles. The average molecular weight is 444 g/mol. The molecule has 0 unspecified atom stereocenters. The molecule has 0 bridgehead atoms. The lowest BCUT2D eigenvalue weighted by Crippen LogP contribution is -2.25. The lowest BCUT2D eigenvalue weighted by molar-refractivity contribution is 0.0942. The van der Waals surface area contributed by atoms with Gasteiger partial charge in [-0.3, -0.25) is 9.59 Å². The molecule has 1 fully saturated rings. The van der Waals surface area contributed by atoms with E-state index in [-0.39, 0.29) is 17.9 Å². The van der Waals surface area contributed by atoms with Crippen LogP contribution in [0.25, 0.3) is 22.5 Å². The van der Waals surface area contributed by atoms with Crippen LogP contribution in [-0.2, 0) is 6.54 Å². The number of carbonyl (C=O) groups excluding carboxylic acids is 2. The number of pyridine rings is 1. The molecule has 168 valence electrons. The summed E-state index contributed by atoms with van der Waals surface area (Å²) in [5.41, 5.74) is 3.22. The Balaban J connectivity index is 1.37. The Kier molecular flexibility index (Phi) is 5.42. The van der Waals surface area contributed by atoms with E-state index in [2.05, 4.69) is 15.7 Å². The predicted octanol–water partition coefficient (Wildman–Crippen LogP) is 4.09. The highest BCUT2D eigenvalue weighted by molar-refractivity contribution is 6.06. The van der Waals surface area contributed by atoms with Gasteiger partial charge < -0.3 is 15.1 Å². The van der Waals surface area contributed by atoms with E-state index < -0.39 is 0 Å². The normalized spacial score (nSPS) is 13.4. The molecule has 1 aliphatic rings. The molecule has 8 nitrogen and oxygen atoms in total. The fourth-order valence-electron chi connectivity index (χ4n) is 3.68. The van der Waals surface area contributed by atoms with E-state index in [1.807, 2.05) is 32.0 Å². The van der Waals surface area contributed by atoms with E-state index in [0.29, 0.717) is 46.2 Å². The quantitative estimate of drug-likeness (QED) is 0.448. The number of fused-ring (bicyclic) bond motifs is 1. The standard InChI is InChI=1S/C25H25N5O3/c1-15(2)30-23-20(14-27-30)19(12-21(29-23)22-4-3-11-33-22)25(32)26-13-16-5-7-17(8-6-16)24(31)28-18-9-10-18/h3-8,11-12,14-15,18H,9-10,13H2,1-2H3,(H,26,32)(H,28,31). The van der Waals surface area contributed by atoms with Crippen LogP contribution in [-0.4, -0.2) is 32.6 Å². The van der Waals surface area contributed by atoms with Crippen molar-refractivity contribution in [3.63, 3.8) is 0 Å². The van der Waals surface area contributed by atoms with Crippen molar-refractivity contribution in [3.05, 3.63) is 71.6 Å². The third kappa shape index (κ3) is 4.37. The molecule has 5 rings (SSSR count). The Hall–Kier alpha value is -3.94. The first-order valence-corrected chi connectivity index (χ1v) is 11.1. The van der Waals surface area contributed by atoms with Crippen LogP contribution in [0.5, 0.6) is 0 Å². The molecule has 8 heteroatoms. The first kappa shape index (κ1) is 20.9. The van der Waals surface area contributed by atoms with Gasteiger partial charge in [-0.25, -0.2) is 9.67 Å². The zero-order valence-corrected chi connectivity index (χ0v) is 18.5. The summed E-state index contributed by atoms with van der Waals surface area (Å²) in [6, 6.07) is 13.0. The van der Waals surface area contributed by atoms with Crippen LogP contribution in [0.2, 0.25) is 0 Å². The predicted molar refractivity (Wildman–Crippen MR) is 124 cm³/mol. The summed E-state index contributed by atoms with van der Waals surface area (Å²) in [6.07, 6.45) is 5.36. The molecular weight excluding hydrogens is 418 g/mol. The van der Waals surface area contributed by atoms with Crippen molar-refractivity contribution < 1.29 is 14.0 Å². The number of carbonyl (C=O) groups is 2. The highest BCUT2D eigenvalue weighted by atomic mass is 16.3. The van der Waals surface area contributed by atoms with Crippen LogP contribution in [0.4, 0.5) is 0 Å². The Bertz CT molecular complexity index is 1300. The summed E-state index contributed by atoms with van der Waals surface area (Å²) in [6.45, 7) is 4.37. The zero-order valence-electron chi connectivity index (χ0n) is 18.5. The average Bonchev–Trinajstić information content (AvgIpc) is 3.28. The molecule has 2 amide bonds. The minimum atomic E-state index is -0.228. The van der Waals surface area contributed by atoms with E-state index in [0.717, 1.165) is 18.4 Å². The van der Waals surface area contributed by atoms with Gasteiger partial charge >= 0.3 is 0 Å². The summed E-state index contributed by atoms with van der Waals surface area (Å²) in [7, 11) is 0. The number of hydrogen-bond donors (Lipinski definition) is 2. The van der Waals surface area contributed by atoms with Crippen LogP contribution < -0.4 is 10.6 Å². The van der Waals surface area contributed by atoms with Crippen molar-refractivity contribution in [2.24, 2.45) is 0 Å². The number of rotatable bonds is 7. The number of hydrogen-bond acceptors (Lipinski definition) is 5. The highest BCUT2D eigenvalue weighted by Crippen LogP contribution is 2.26. The first-order chi connectivity index (χ1) is 16.0. The summed E-state index contributed by atoms with van der Waals surface area (Å²) < 4.78 is 7.31. The van der Waals surface area contributed by atoms with E-state index in [4.69, 9.17) is 9.40 Å². The van der Waals surface area contributed by atoms with Gasteiger partial charge in [0.15, 0.2) is 11.4 Å². The second-order valence-electron chi connectivity index (χ2n) is 8.58. The number of nitrogens with zero attached hydrogens (tertiary/aromatic N) is 3. The maximum Gasteiger partial charge on any atom is 0.252 e. The Labute approximate surface area is 191 Å². The summed E-state index contributed by atoms with van der Waals surface area (Å²) in [5, 5.41) is 11.1. The lowest BCUT2D eigenvalue weighted by Gasteiger charge is -2.10. The number of aromatic nitrogens is 3. The van der Waals surface area contributed by atoms with Crippen LogP contribution in [0.1, 0.15) is 59.0 Å². The molecule has 3 aromatic heterocycles. The summed E-state index contributed by atoms with van der Waals surface area (Å²) in [4.78, 5) is 30.0. The second-order valence-corrected chi connectivity index (χ2v) is 8.58. The number of benzene rings is 1. The number of amides is 2. The van der Waals surface area contributed by atoms with Crippen molar-refractivity contribution >= 4 is 22.8 Å². The van der Waals surface area contributed by atoms with Gasteiger partial charge in [0.05, 0.1) is 23.4 Å². The molecular formula is C25H25N5O3. The second kappa shape index (κ2) is 8.54. The fourth-order valence-corrected chi connectivity index (χ4v) is 3.68. The van der Waals surface area contributed by atoms with Crippen LogP contribution in [0.3, 0.4) is 0 Å². The first-order valence-electron chi connectivity index (χ1n) is 11.1. The molecule has 0 aliphatic heterocycles. The van der Waals surface area contributed by atoms with Gasteiger partial charge in [-0.05, 0) is 62.6 Å². The van der Waals surface area contributed by atoms with Crippen molar-refractivity contribution in [3.8, 4) is 11.5 Å². The van der Waals surface area contributed by atoms with Crippen molar-refractivity contribution in [2.75, 3.05) is 0 Å². The minimum absolute atomic E-state index is 0.0557. The molecule has 4 aromatic rings. The molecule has 0 radical (unpaired) electrons. The topological polar surface area (TPSA) is 102 Å². The van der Waals surface area contributed by atoms with E-state index >= 15 is 0 Å². The molecule has 33 heavy (non-hydrogen) atoms. The zero-order chi connectivity index (χ0) is 22.9. The Morgan fingerprint density at radius 1 is 1.15 bits per heavy atom. The van der Waals surface area contributed by atoms with Gasteiger partial charge in [-0.1, -0.05) is 12.1 Å². The molecule has 2 N–H and O–H groups in total. The van der Waals surface area contributed by atoms with Crippen LogP contribution in [0.15, 0.2) is 59.3 Å². The molecule has 0 atom stereocenters. The van der Waals surface area contributed by atoms with Gasteiger partial charge in [0.25, 0.3) is 11.8 Å². The number of nitrogens with one attached hydrogen (secondary N) is 2. The van der Waals surface area contributed by atoms with Crippen LogP contribution >= 0.6 is 0 Å². The third-order valence-corrected chi connectivity index (χ3v) is 5.66. The van der Waals surface area contributed by atoms with E-state index in [1.165, 1.54) is 0 Å². The largest absolute Gasteiger partial charge is 0.463 e. The van der Waals surface area contributed by atoms with Gasteiger partial charge in [0.1, 0.15) is 5.69 Å². The van der Waals surface area contributed by atoms with Crippen molar-refractivity contribution in [1.82, 2.24) is 25.4 Å².